The van der Waals surface area contributed by atoms with Crippen molar-refractivity contribution in [3.63, 3.8) is 0 Å². The quantitative estimate of drug-likeness (QED) is 0.204. The number of aliphatic carboxylic acids is 1. The Labute approximate surface area is 213 Å². The molecule has 3 aromatic rings. The van der Waals surface area contributed by atoms with Crippen molar-refractivity contribution in [1.29, 1.82) is 0 Å². The smallest absolute Gasteiger partial charge is 0.341 e. The van der Waals surface area contributed by atoms with Crippen molar-refractivity contribution in [2.45, 2.75) is 23.9 Å². The first-order valence-corrected chi connectivity index (χ1v) is 12.8. The van der Waals surface area contributed by atoms with Crippen molar-refractivity contribution < 1.29 is 32.6 Å². The summed E-state index contributed by atoms with van der Waals surface area (Å²) < 4.78 is 39.3. The number of methoxy groups -OCH3 is 1. The van der Waals surface area contributed by atoms with Crippen LogP contribution < -0.4 is 20.0 Å². The van der Waals surface area contributed by atoms with Gasteiger partial charge in [0.15, 0.2) is 6.61 Å². The molecule has 4 N–H and O–H groups in total. The van der Waals surface area contributed by atoms with Gasteiger partial charge in [-0.25, -0.2) is 13.2 Å². The van der Waals surface area contributed by atoms with Gasteiger partial charge in [-0.2, -0.15) is 9.82 Å². The molecule has 37 heavy (non-hydrogen) atoms. The molecular weight excluding hydrogens is 500 g/mol. The minimum absolute atomic E-state index is 0.0395. The number of carbonyl (C=O) groups is 2. The monoisotopic (exact) mass is 526 g/mol. The van der Waals surface area contributed by atoms with Crippen LogP contribution in [-0.4, -0.2) is 62.8 Å². The van der Waals surface area contributed by atoms with Crippen LogP contribution in [0, 0.1) is 0 Å². The van der Waals surface area contributed by atoms with E-state index in [0.717, 1.165) is 5.39 Å². The second-order valence-corrected chi connectivity index (χ2v) is 10.1. The van der Waals surface area contributed by atoms with Crippen LogP contribution in [0.3, 0.4) is 0 Å². The molecule has 1 heterocycles. The maximum Gasteiger partial charge on any atom is 0.341 e. The van der Waals surface area contributed by atoms with E-state index >= 15 is 0 Å². The van der Waals surface area contributed by atoms with Gasteiger partial charge in [-0.3, -0.25) is 4.79 Å². The number of carbonyl (C=O) groups excluding carboxylic acids is 1. The zero-order valence-corrected chi connectivity index (χ0v) is 20.8. The number of nitrogens with zero attached hydrogens (tertiary/aromatic N) is 2. The first-order chi connectivity index (χ1) is 17.7. The highest BCUT2D eigenvalue weighted by Gasteiger charge is 2.35. The predicted octanol–water partition coefficient (Wildman–Crippen LogP) is 1.68. The van der Waals surface area contributed by atoms with Crippen molar-refractivity contribution in [2.24, 2.45) is 10.9 Å². The third-order valence-electron chi connectivity index (χ3n) is 5.94. The minimum atomic E-state index is -3.98. The first kappa shape index (κ1) is 25.9. The molecule has 1 amide bonds. The molecule has 1 fully saturated rings. The number of nitrogens with one attached hydrogen (secondary N) is 1. The molecule has 1 saturated heterocycles. The maximum absolute atomic E-state index is 13.1. The number of amides is 1. The number of carboxylic acid groups (broad SMARTS) is 1. The summed E-state index contributed by atoms with van der Waals surface area (Å²) in [6.45, 7) is -0.159. The Balaban J connectivity index is 1.51. The number of nitrogens with two attached hydrogens (primary N) is 1. The highest BCUT2D eigenvalue weighted by atomic mass is 32.2. The van der Waals surface area contributed by atoms with Gasteiger partial charge in [-0.1, -0.05) is 12.1 Å². The highest BCUT2D eigenvalue weighted by molar-refractivity contribution is 7.89. The summed E-state index contributed by atoms with van der Waals surface area (Å²) in [6.07, 6.45) is 1.68. The van der Waals surface area contributed by atoms with E-state index in [-0.39, 0.29) is 17.9 Å². The van der Waals surface area contributed by atoms with Crippen LogP contribution in [-0.2, 0) is 26.2 Å². The number of likely N-dealkylation sites (tertiary alicyclic amines) is 1. The summed E-state index contributed by atoms with van der Waals surface area (Å²) in [7, 11) is -2.45. The average Bonchev–Trinajstić information content (AvgIpc) is 3.20. The van der Waals surface area contributed by atoms with Crippen LogP contribution in [0.2, 0.25) is 0 Å². The van der Waals surface area contributed by atoms with Gasteiger partial charge >= 0.3 is 5.97 Å². The largest absolute Gasteiger partial charge is 0.497 e. The normalized spacial score (nSPS) is 16.0. The molecular formula is C25H26N4O7S. The van der Waals surface area contributed by atoms with Crippen LogP contribution >= 0.6 is 0 Å². The summed E-state index contributed by atoms with van der Waals surface area (Å²) in [5.41, 5.74) is 1.18. The lowest BCUT2D eigenvalue weighted by molar-refractivity contribution is -0.139. The number of benzene rings is 3. The van der Waals surface area contributed by atoms with Gasteiger partial charge in [0.25, 0.3) is 0 Å². The summed E-state index contributed by atoms with van der Waals surface area (Å²) in [5.74, 6) is 4.58. The first-order valence-electron chi connectivity index (χ1n) is 11.3. The molecule has 11 nitrogen and oxygen atoms in total. The highest BCUT2D eigenvalue weighted by Crippen LogP contribution is 2.26. The molecule has 0 aliphatic carbocycles. The van der Waals surface area contributed by atoms with E-state index in [1.807, 2.05) is 6.07 Å². The van der Waals surface area contributed by atoms with E-state index in [0.29, 0.717) is 34.6 Å². The fourth-order valence-corrected chi connectivity index (χ4v) is 5.39. The Kier molecular flexibility index (Phi) is 7.60. The molecule has 0 spiro atoms. The van der Waals surface area contributed by atoms with Crippen molar-refractivity contribution in [1.82, 2.24) is 9.62 Å². The lowest BCUT2D eigenvalue weighted by Crippen LogP contribution is -2.41. The Morgan fingerprint density at radius 2 is 1.97 bits per heavy atom. The van der Waals surface area contributed by atoms with Crippen LogP contribution in [0.5, 0.6) is 11.5 Å². The Morgan fingerprint density at radius 3 is 2.70 bits per heavy atom. The van der Waals surface area contributed by atoms with Gasteiger partial charge in [0.2, 0.25) is 15.9 Å². The number of ether oxygens (including phenoxy) is 2. The number of hydrogen-bond acceptors (Lipinski definition) is 8. The summed E-state index contributed by atoms with van der Waals surface area (Å²) in [4.78, 5) is 25.6. The fourth-order valence-electron chi connectivity index (χ4n) is 4.13. The standard InChI is InChI=1S/C25H26N4O7S/c1-35-20-5-3-17-4-6-21(12-18(17)11-20)37(33,34)28-22-8-9-29(25(22)32)14-19-10-16(13-27-26)2-7-23(19)36-15-24(30)31/h2-7,10-13,22,28H,8-9,14-15,26H2,1H3,(H,30,31). The lowest BCUT2D eigenvalue weighted by Gasteiger charge is -2.20. The zero-order chi connectivity index (χ0) is 26.6. The van der Waals surface area contributed by atoms with Crippen molar-refractivity contribution in [3.8, 4) is 11.5 Å². The number of carboxylic acids is 1. The van der Waals surface area contributed by atoms with Gasteiger partial charge in [-0.15, -0.1) is 0 Å². The van der Waals surface area contributed by atoms with E-state index in [9.17, 15) is 18.0 Å². The van der Waals surface area contributed by atoms with E-state index < -0.39 is 34.5 Å². The maximum atomic E-state index is 13.1. The van der Waals surface area contributed by atoms with E-state index in [4.69, 9.17) is 20.4 Å². The molecule has 12 heteroatoms. The SMILES string of the molecule is COc1ccc2ccc(S(=O)(=O)NC3CCN(Cc4cc(C=NN)ccc4OCC(=O)O)C3=O)cc2c1. The van der Waals surface area contributed by atoms with Crippen molar-refractivity contribution in [3.05, 3.63) is 65.7 Å². The Morgan fingerprint density at radius 1 is 1.19 bits per heavy atom. The van der Waals surface area contributed by atoms with Gasteiger partial charge in [-0.05, 0) is 65.2 Å². The molecule has 0 aromatic heterocycles. The summed E-state index contributed by atoms with van der Waals surface area (Å²) in [6, 6.07) is 14.1. The molecule has 4 rings (SSSR count). The van der Waals surface area contributed by atoms with Crippen LogP contribution in [0.25, 0.3) is 10.8 Å². The van der Waals surface area contributed by atoms with Gasteiger partial charge in [0.05, 0.1) is 18.2 Å². The second-order valence-electron chi connectivity index (χ2n) is 8.42. The van der Waals surface area contributed by atoms with Crippen LogP contribution in [0.1, 0.15) is 17.5 Å². The topological polar surface area (TPSA) is 161 Å². The summed E-state index contributed by atoms with van der Waals surface area (Å²) >= 11 is 0. The van der Waals surface area contributed by atoms with E-state index in [1.165, 1.54) is 30.4 Å². The van der Waals surface area contributed by atoms with E-state index in [1.54, 1.807) is 36.4 Å². The average molecular weight is 527 g/mol. The molecule has 0 bridgehead atoms. The zero-order valence-electron chi connectivity index (χ0n) is 20.0. The molecule has 194 valence electrons. The third-order valence-corrected chi connectivity index (χ3v) is 7.41. The third kappa shape index (κ3) is 5.98. The van der Waals surface area contributed by atoms with Gasteiger partial charge < -0.3 is 25.3 Å². The Bertz CT molecular complexity index is 1470. The predicted molar refractivity (Wildman–Crippen MR) is 136 cm³/mol. The van der Waals surface area contributed by atoms with Crippen LogP contribution in [0.15, 0.2) is 64.6 Å². The summed E-state index contributed by atoms with van der Waals surface area (Å²) in [5, 5.41) is 14.0. The Hall–Kier alpha value is -4.16. The fraction of sp³-hybridized carbons (Fsp3) is 0.240. The van der Waals surface area contributed by atoms with Gasteiger partial charge in [0, 0.05) is 18.7 Å². The number of sulfonamides is 1. The molecule has 1 atom stereocenters. The van der Waals surface area contributed by atoms with E-state index in [2.05, 4.69) is 9.82 Å². The van der Waals surface area contributed by atoms with Crippen LogP contribution in [0.4, 0.5) is 0 Å². The number of hydrogen-bond donors (Lipinski definition) is 3. The minimum Gasteiger partial charge on any atom is -0.497 e. The lowest BCUT2D eigenvalue weighted by atomic mass is 10.1. The molecule has 3 aromatic carbocycles. The molecule has 1 aliphatic heterocycles. The van der Waals surface area contributed by atoms with Crippen molar-refractivity contribution >= 4 is 38.9 Å². The molecule has 1 unspecified atom stereocenters. The van der Waals surface area contributed by atoms with Crippen molar-refractivity contribution in [2.75, 3.05) is 20.3 Å². The second kappa shape index (κ2) is 10.8. The number of hydrazone groups is 1. The van der Waals surface area contributed by atoms with Gasteiger partial charge in [0.1, 0.15) is 17.5 Å². The number of rotatable bonds is 10. The molecule has 1 aliphatic rings. The number of fused-ring (bicyclic) bond motifs is 1. The molecule has 0 saturated carbocycles. The molecule has 0 radical (unpaired) electrons.